The van der Waals surface area contributed by atoms with Crippen molar-refractivity contribution in [2.45, 2.75) is 38.6 Å². The summed E-state index contributed by atoms with van der Waals surface area (Å²) in [6.07, 6.45) is -2.38. The Balaban J connectivity index is 2.27. The molecule has 0 aliphatic rings. The fourth-order valence-electron chi connectivity index (χ4n) is 2.15. The van der Waals surface area contributed by atoms with Crippen LogP contribution < -0.4 is 10.6 Å². The minimum Gasteiger partial charge on any atom is -0.469 e. The van der Waals surface area contributed by atoms with Crippen LogP contribution >= 0.6 is 0 Å². The van der Waals surface area contributed by atoms with Crippen molar-refractivity contribution >= 4 is 11.9 Å². The first kappa shape index (κ1) is 22.8. The SMILES string of the molecule is CN=C(NCCCCC(=O)OC)NCc1ccc(COCC(F)(F)F)cc1. The van der Waals surface area contributed by atoms with Crippen LogP contribution in [-0.4, -0.2) is 45.4 Å². The summed E-state index contributed by atoms with van der Waals surface area (Å²) in [5, 5.41) is 6.29. The molecule has 0 aromatic heterocycles. The molecule has 0 fully saturated rings. The highest BCUT2D eigenvalue weighted by molar-refractivity contribution is 5.79. The smallest absolute Gasteiger partial charge is 0.411 e. The van der Waals surface area contributed by atoms with Gasteiger partial charge in [0.05, 0.1) is 13.7 Å². The van der Waals surface area contributed by atoms with Crippen molar-refractivity contribution in [2.24, 2.45) is 4.99 Å². The molecule has 0 aliphatic heterocycles. The minimum atomic E-state index is -4.31. The largest absolute Gasteiger partial charge is 0.469 e. The fraction of sp³-hybridized carbons (Fsp3) is 0.556. The van der Waals surface area contributed by atoms with Crippen LogP contribution in [0, 0.1) is 0 Å². The number of esters is 1. The summed E-state index contributed by atoms with van der Waals surface area (Å²) in [6, 6.07) is 7.11. The number of ether oxygens (including phenoxy) is 2. The van der Waals surface area contributed by atoms with Crippen LogP contribution in [0.1, 0.15) is 30.4 Å². The number of rotatable bonds is 10. The average Bonchev–Trinajstić information content (AvgIpc) is 2.63. The van der Waals surface area contributed by atoms with Crippen molar-refractivity contribution in [3.8, 4) is 0 Å². The quantitative estimate of drug-likeness (QED) is 0.279. The molecule has 0 spiro atoms. The lowest BCUT2D eigenvalue weighted by Crippen LogP contribution is -2.37. The molecule has 0 saturated carbocycles. The number of carbonyl (C=O) groups is 1. The molecule has 6 nitrogen and oxygen atoms in total. The van der Waals surface area contributed by atoms with Gasteiger partial charge in [0.2, 0.25) is 0 Å². The van der Waals surface area contributed by atoms with E-state index in [2.05, 4.69) is 25.1 Å². The van der Waals surface area contributed by atoms with Crippen molar-refractivity contribution in [3.63, 3.8) is 0 Å². The number of unbranched alkanes of at least 4 members (excludes halogenated alkanes) is 1. The number of aliphatic imine (C=N–C) groups is 1. The summed E-state index contributed by atoms with van der Waals surface area (Å²) in [5.74, 6) is 0.412. The third-order valence-electron chi connectivity index (χ3n) is 3.57. The molecule has 152 valence electrons. The Morgan fingerprint density at radius 1 is 1.11 bits per heavy atom. The number of nitrogens with one attached hydrogen (secondary N) is 2. The number of hydrogen-bond donors (Lipinski definition) is 2. The number of alkyl halides is 3. The summed E-state index contributed by atoms with van der Waals surface area (Å²) in [4.78, 5) is 15.1. The van der Waals surface area contributed by atoms with E-state index in [1.807, 2.05) is 12.1 Å². The standard InChI is InChI=1S/C18H26F3N3O3/c1-22-17(23-10-4-3-5-16(25)26-2)24-11-14-6-8-15(9-7-14)12-27-13-18(19,20)21/h6-9H,3-5,10-13H2,1-2H3,(H2,22,23,24). The molecule has 0 heterocycles. The predicted molar refractivity (Wildman–Crippen MR) is 96.2 cm³/mol. The van der Waals surface area contributed by atoms with Crippen LogP contribution in [0.5, 0.6) is 0 Å². The van der Waals surface area contributed by atoms with E-state index in [1.54, 1.807) is 19.2 Å². The molecule has 0 bridgehead atoms. The van der Waals surface area contributed by atoms with Crippen LogP contribution in [0.15, 0.2) is 29.3 Å². The number of guanidine groups is 1. The number of nitrogens with zero attached hydrogens (tertiary/aromatic N) is 1. The molecule has 1 aromatic carbocycles. The molecule has 0 atom stereocenters. The number of benzene rings is 1. The Hall–Kier alpha value is -2.29. The van der Waals surface area contributed by atoms with Crippen LogP contribution in [0.25, 0.3) is 0 Å². The minimum absolute atomic E-state index is 0.0813. The van der Waals surface area contributed by atoms with Gasteiger partial charge in [0, 0.05) is 26.6 Å². The van der Waals surface area contributed by atoms with Crippen LogP contribution in [-0.2, 0) is 27.4 Å². The number of methoxy groups -OCH3 is 1. The molecule has 9 heteroatoms. The molecule has 1 rings (SSSR count). The van der Waals surface area contributed by atoms with Crippen molar-refractivity contribution in [3.05, 3.63) is 35.4 Å². The lowest BCUT2D eigenvalue weighted by Gasteiger charge is -2.12. The summed E-state index contributed by atoms with van der Waals surface area (Å²) < 4.78 is 45.3. The molecule has 0 radical (unpaired) electrons. The summed E-state index contributed by atoms with van der Waals surface area (Å²) >= 11 is 0. The zero-order chi connectivity index (χ0) is 20.1. The first-order valence-corrected chi connectivity index (χ1v) is 8.57. The molecule has 0 amide bonds. The van der Waals surface area contributed by atoms with E-state index in [0.29, 0.717) is 31.0 Å². The van der Waals surface area contributed by atoms with Crippen molar-refractivity contribution in [1.82, 2.24) is 10.6 Å². The van der Waals surface area contributed by atoms with Crippen LogP contribution in [0.3, 0.4) is 0 Å². The second-order valence-corrected chi connectivity index (χ2v) is 5.81. The Kier molecular flexibility index (Phi) is 10.2. The monoisotopic (exact) mass is 389 g/mol. The van der Waals surface area contributed by atoms with Crippen molar-refractivity contribution < 1.29 is 27.4 Å². The Morgan fingerprint density at radius 3 is 2.37 bits per heavy atom. The fourth-order valence-corrected chi connectivity index (χ4v) is 2.15. The third kappa shape index (κ3) is 11.1. The van der Waals surface area contributed by atoms with Crippen LogP contribution in [0.4, 0.5) is 13.2 Å². The second kappa shape index (κ2) is 12.2. The molecule has 2 N–H and O–H groups in total. The Labute approximate surface area is 157 Å². The van der Waals surface area contributed by atoms with Gasteiger partial charge in [-0.2, -0.15) is 13.2 Å². The maximum Gasteiger partial charge on any atom is 0.411 e. The van der Waals surface area contributed by atoms with Gasteiger partial charge in [-0.05, 0) is 24.0 Å². The highest BCUT2D eigenvalue weighted by atomic mass is 19.4. The van der Waals surface area contributed by atoms with Crippen molar-refractivity contribution in [2.75, 3.05) is 27.3 Å². The molecular weight excluding hydrogens is 363 g/mol. The number of carbonyl (C=O) groups excluding carboxylic acids is 1. The maximum absolute atomic E-state index is 12.0. The van der Waals surface area contributed by atoms with Crippen molar-refractivity contribution in [1.29, 1.82) is 0 Å². The van der Waals surface area contributed by atoms with Gasteiger partial charge in [-0.25, -0.2) is 0 Å². The van der Waals surface area contributed by atoms with Crippen LogP contribution in [0.2, 0.25) is 0 Å². The first-order valence-electron chi connectivity index (χ1n) is 8.57. The van der Waals surface area contributed by atoms with E-state index in [4.69, 9.17) is 0 Å². The Bertz CT molecular complexity index is 590. The lowest BCUT2D eigenvalue weighted by molar-refractivity contribution is -0.176. The molecule has 1 aromatic rings. The molecule has 0 saturated heterocycles. The molecule has 0 unspecified atom stereocenters. The lowest BCUT2D eigenvalue weighted by atomic mass is 10.1. The summed E-state index contributed by atoms with van der Waals surface area (Å²) in [6.45, 7) is -0.141. The normalized spacial score (nSPS) is 12.0. The van der Waals surface area contributed by atoms with Gasteiger partial charge in [0.1, 0.15) is 6.61 Å². The number of hydrogen-bond acceptors (Lipinski definition) is 4. The summed E-state index contributed by atoms with van der Waals surface area (Å²) in [7, 11) is 3.03. The second-order valence-electron chi connectivity index (χ2n) is 5.81. The highest BCUT2D eigenvalue weighted by Gasteiger charge is 2.27. The zero-order valence-electron chi connectivity index (χ0n) is 15.6. The van der Waals surface area contributed by atoms with E-state index >= 15 is 0 Å². The zero-order valence-corrected chi connectivity index (χ0v) is 15.6. The van der Waals surface area contributed by atoms with Gasteiger partial charge in [-0.3, -0.25) is 9.79 Å². The predicted octanol–water partition coefficient (Wildman–Crippen LogP) is 2.77. The average molecular weight is 389 g/mol. The molecule has 0 aliphatic carbocycles. The highest BCUT2D eigenvalue weighted by Crippen LogP contribution is 2.15. The number of halogens is 3. The van der Waals surface area contributed by atoms with Gasteiger partial charge >= 0.3 is 12.1 Å². The van der Waals surface area contributed by atoms with Gasteiger partial charge in [0.15, 0.2) is 5.96 Å². The van der Waals surface area contributed by atoms with E-state index in [9.17, 15) is 18.0 Å². The first-order chi connectivity index (χ1) is 12.8. The van der Waals surface area contributed by atoms with E-state index < -0.39 is 12.8 Å². The van der Waals surface area contributed by atoms with Gasteiger partial charge < -0.3 is 20.1 Å². The van der Waals surface area contributed by atoms with Gasteiger partial charge in [0.25, 0.3) is 0 Å². The van der Waals surface area contributed by atoms with E-state index in [1.165, 1.54) is 7.11 Å². The van der Waals surface area contributed by atoms with Gasteiger partial charge in [-0.15, -0.1) is 0 Å². The topological polar surface area (TPSA) is 72.0 Å². The Morgan fingerprint density at radius 2 is 1.78 bits per heavy atom. The van der Waals surface area contributed by atoms with Gasteiger partial charge in [-0.1, -0.05) is 24.3 Å². The third-order valence-corrected chi connectivity index (χ3v) is 3.57. The molecular formula is C18H26F3N3O3. The van der Waals surface area contributed by atoms with E-state index in [-0.39, 0.29) is 12.6 Å². The molecule has 27 heavy (non-hydrogen) atoms. The maximum atomic E-state index is 12.0. The van der Waals surface area contributed by atoms with E-state index in [0.717, 1.165) is 18.4 Å². The summed E-state index contributed by atoms with van der Waals surface area (Å²) in [5.41, 5.74) is 1.64.